The molecule has 0 spiro atoms. The van der Waals surface area contributed by atoms with Crippen molar-refractivity contribution in [2.75, 3.05) is 0 Å². The van der Waals surface area contributed by atoms with Crippen molar-refractivity contribution < 1.29 is 0 Å². The number of aromatic nitrogens is 2. The first-order valence-corrected chi connectivity index (χ1v) is 6.58. The van der Waals surface area contributed by atoms with Crippen LogP contribution in [0.15, 0.2) is 42.7 Å². The predicted octanol–water partition coefficient (Wildman–Crippen LogP) is 3.31. The molecule has 96 valence electrons. The highest BCUT2D eigenvalue weighted by Gasteiger charge is 2.15. The number of nitrogens with two attached hydrogens (primary N) is 1. The van der Waals surface area contributed by atoms with Gasteiger partial charge in [-0.25, -0.2) is 4.68 Å². The Bertz CT molecular complexity index is 475. The van der Waals surface area contributed by atoms with Crippen molar-refractivity contribution in [3.63, 3.8) is 0 Å². The van der Waals surface area contributed by atoms with Crippen LogP contribution in [0.1, 0.15) is 38.3 Å². The lowest BCUT2D eigenvalue weighted by atomic mass is 9.94. The van der Waals surface area contributed by atoms with E-state index in [-0.39, 0.29) is 6.04 Å². The highest BCUT2D eigenvalue weighted by molar-refractivity contribution is 5.31. The van der Waals surface area contributed by atoms with Gasteiger partial charge in [-0.1, -0.05) is 38.5 Å². The molecule has 2 rings (SSSR count). The van der Waals surface area contributed by atoms with Gasteiger partial charge in [0.1, 0.15) is 0 Å². The highest BCUT2D eigenvalue weighted by Crippen LogP contribution is 2.23. The van der Waals surface area contributed by atoms with E-state index in [1.807, 2.05) is 47.4 Å². The molecule has 18 heavy (non-hydrogen) atoms. The molecular formula is C15H21N3. The van der Waals surface area contributed by atoms with Gasteiger partial charge >= 0.3 is 0 Å². The van der Waals surface area contributed by atoms with Crippen molar-refractivity contribution in [3.05, 3.63) is 48.3 Å². The third kappa shape index (κ3) is 2.79. The van der Waals surface area contributed by atoms with Gasteiger partial charge in [0, 0.05) is 17.8 Å². The summed E-state index contributed by atoms with van der Waals surface area (Å²) in [5.74, 6) is 0.489. The summed E-state index contributed by atoms with van der Waals surface area (Å²) in [6.45, 7) is 4.39. The van der Waals surface area contributed by atoms with Gasteiger partial charge in [0.15, 0.2) is 0 Å². The maximum absolute atomic E-state index is 6.26. The van der Waals surface area contributed by atoms with Crippen LogP contribution in [-0.2, 0) is 0 Å². The van der Waals surface area contributed by atoms with E-state index in [1.54, 1.807) is 0 Å². The normalized spacial score (nSPS) is 14.4. The number of hydrogen-bond donors (Lipinski definition) is 1. The topological polar surface area (TPSA) is 43.8 Å². The van der Waals surface area contributed by atoms with Crippen LogP contribution in [0.3, 0.4) is 0 Å². The summed E-state index contributed by atoms with van der Waals surface area (Å²) in [4.78, 5) is 0. The zero-order chi connectivity index (χ0) is 13.0. The Morgan fingerprint density at radius 3 is 2.67 bits per heavy atom. The Labute approximate surface area is 109 Å². The van der Waals surface area contributed by atoms with Crippen LogP contribution in [0.2, 0.25) is 0 Å². The molecule has 0 aliphatic rings. The molecule has 2 unspecified atom stereocenters. The lowest BCUT2D eigenvalue weighted by molar-refractivity contribution is 0.433. The third-order valence-corrected chi connectivity index (χ3v) is 3.37. The monoisotopic (exact) mass is 243 g/mol. The molecule has 0 saturated carbocycles. The second-order valence-corrected chi connectivity index (χ2v) is 4.85. The Kier molecular flexibility index (Phi) is 4.15. The minimum atomic E-state index is 0.0717. The van der Waals surface area contributed by atoms with Crippen LogP contribution in [0.4, 0.5) is 0 Å². The summed E-state index contributed by atoms with van der Waals surface area (Å²) in [6, 6.07) is 10.2. The fraction of sp³-hybridized carbons (Fsp3) is 0.400. The average molecular weight is 243 g/mol. The molecule has 2 atom stereocenters. The first-order chi connectivity index (χ1) is 8.72. The fourth-order valence-corrected chi connectivity index (χ4v) is 2.19. The van der Waals surface area contributed by atoms with Crippen molar-refractivity contribution in [3.8, 4) is 5.69 Å². The molecule has 0 saturated heterocycles. The van der Waals surface area contributed by atoms with Crippen LogP contribution in [0.25, 0.3) is 5.69 Å². The first-order valence-electron chi connectivity index (χ1n) is 6.58. The van der Waals surface area contributed by atoms with E-state index in [9.17, 15) is 0 Å². The predicted molar refractivity (Wildman–Crippen MR) is 74.6 cm³/mol. The Morgan fingerprint density at radius 1 is 1.28 bits per heavy atom. The van der Waals surface area contributed by atoms with E-state index < -0.39 is 0 Å². The van der Waals surface area contributed by atoms with Gasteiger partial charge in [-0.3, -0.25) is 0 Å². The van der Waals surface area contributed by atoms with Crippen LogP contribution in [-0.4, -0.2) is 9.78 Å². The largest absolute Gasteiger partial charge is 0.324 e. The minimum Gasteiger partial charge on any atom is -0.324 e. The molecule has 0 bridgehead atoms. The number of hydrogen-bond acceptors (Lipinski definition) is 2. The quantitative estimate of drug-likeness (QED) is 0.875. The maximum Gasteiger partial charge on any atom is 0.0645 e. The number of para-hydroxylation sites is 1. The smallest absolute Gasteiger partial charge is 0.0645 e. The molecule has 1 heterocycles. The van der Waals surface area contributed by atoms with E-state index in [2.05, 4.69) is 18.9 Å². The van der Waals surface area contributed by atoms with Crippen molar-refractivity contribution >= 4 is 0 Å². The van der Waals surface area contributed by atoms with Crippen molar-refractivity contribution in [2.24, 2.45) is 11.7 Å². The van der Waals surface area contributed by atoms with E-state index in [4.69, 9.17) is 5.73 Å². The Hall–Kier alpha value is -1.61. The van der Waals surface area contributed by atoms with E-state index >= 15 is 0 Å². The summed E-state index contributed by atoms with van der Waals surface area (Å²) in [6.07, 6.45) is 6.23. The summed E-state index contributed by atoms with van der Waals surface area (Å²) in [5, 5.41) is 4.39. The van der Waals surface area contributed by atoms with Crippen molar-refractivity contribution in [1.29, 1.82) is 0 Å². The Balaban J connectivity index is 2.15. The number of rotatable bonds is 5. The molecule has 1 aromatic carbocycles. The van der Waals surface area contributed by atoms with Crippen molar-refractivity contribution in [1.82, 2.24) is 9.78 Å². The summed E-state index contributed by atoms with van der Waals surface area (Å²) < 4.78 is 1.88. The number of nitrogens with zero attached hydrogens (tertiary/aromatic N) is 2. The summed E-state index contributed by atoms with van der Waals surface area (Å²) in [5.41, 5.74) is 8.44. The third-order valence-electron chi connectivity index (χ3n) is 3.37. The molecule has 2 aromatic rings. The van der Waals surface area contributed by atoms with E-state index in [1.165, 1.54) is 6.42 Å². The van der Waals surface area contributed by atoms with E-state index in [0.29, 0.717) is 5.92 Å². The molecule has 0 amide bonds. The zero-order valence-corrected chi connectivity index (χ0v) is 11.1. The van der Waals surface area contributed by atoms with Crippen LogP contribution >= 0.6 is 0 Å². The highest BCUT2D eigenvalue weighted by atomic mass is 15.3. The second kappa shape index (κ2) is 5.83. The maximum atomic E-state index is 6.26. The molecule has 1 aromatic heterocycles. The minimum absolute atomic E-state index is 0.0717. The Morgan fingerprint density at radius 2 is 2.00 bits per heavy atom. The first kappa shape index (κ1) is 12.8. The van der Waals surface area contributed by atoms with E-state index in [0.717, 1.165) is 17.7 Å². The van der Waals surface area contributed by atoms with Gasteiger partial charge in [-0.05, 0) is 24.5 Å². The molecule has 0 aliphatic carbocycles. The zero-order valence-electron chi connectivity index (χ0n) is 11.1. The van der Waals surface area contributed by atoms with Gasteiger partial charge in [-0.15, -0.1) is 0 Å². The second-order valence-electron chi connectivity index (χ2n) is 4.85. The van der Waals surface area contributed by atoms with Crippen molar-refractivity contribution in [2.45, 2.75) is 32.7 Å². The fourth-order valence-electron chi connectivity index (χ4n) is 2.19. The van der Waals surface area contributed by atoms with Crippen LogP contribution in [0.5, 0.6) is 0 Å². The molecule has 3 heteroatoms. The number of benzene rings is 1. The van der Waals surface area contributed by atoms with Crippen LogP contribution < -0.4 is 5.73 Å². The SMILES string of the molecule is CCCC(C)C(N)c1cnn(-c2ccccc2)c1. The molecule has 3 nitrogen and oxygen atoms in total. The van der Waals surface area contributed by atoms with Gasteiger partial charge in [-0.2, -0.15) is 5.10 Å². The lowest BCUT2D eigenvalue weighted by Crippen LogP contribution is -2.18. The van der Waals surface area contributed by atoms with Gasteiger partial charge in [0.05, 0.1) is 11.9 Å². The standard InChI is InChI=1S/C15H21N3/c1-3-7-12(2)15(16)13-10-17-18(11-13)14-8-5-4-6-9-14/h4-6,8-12,15H,3,7,16H2,1-2H3. The van der Waals surface area contributed by atoms with Gasteiger partial charge in [0.25, 0.3) is 0 Å². The summed E-state index contributed by atoms with van der Waals surface area (Å²) >= 11 is 0. The lowest BCUT2D eigenvalue weighted by Gasteiger charge is -2.17. The average Bonchev–Trinajstić information content (AvgIpc) is 2.89. The molecule has 0 aliphatic heterocycles. The molecule has 0 radical (unpaired) electrons. The molecule has 0 fully saturated rings. The van der Waals surface area contributed by atoms with Gasteiger partial charge in [0.2, 0.25) is 0 Å². The van der Waals surface area contributed by atoms with Crippen LogP contribution in [0, 0.1) is 5.92 Å². The summed E-state index contributed by atoms with van der Waals surface area (Å²) in [7, 11) is 0. The molecule has 2 N–H and O–H groups in total. The molecular weight excluding hydrogens is 222 g/mol. The van der Waals surface area contributed by atoms with Gasteiger partial charge < -0.3 is 5.73 Å².